The van der Waals surface area contributed by atoms with Gasteiger partial charge in [-0.05, 0) is 43.5 Å². The Morgan fingerprint density at radius 3 is 1.85 bits per heavy atom. The van der Waals surface area contributed by atoms with Gasteiger partial charge in [-0.2, -0.15) is 15.0 Å². The maximum Gasteiger partial charge on any atom is 0.241 e. The fraction of sp³-hybridized carbons (Fsp3) is 0.471. The van der Waals surface area contributed by atoms with E-state index in [9.17, 15) is 8.42 Å². The van der Waals surface area contributed by atoms with Crippen molar-refractivity contribution in [1.29, 1.82) is 0 Å². The molecule has 0 aliphatic rings. The minimum atomic E-state index is -3.67. The summed E-state index contributed by atoms with van der Waals surface area (Å²) in [4.78, 5) is 16.7. The average molecular weight is 379 g/mol. The molecule has 9 heteroatoms. The van der Waals surface area contributed by atoms with E-state index in [1.54, 1.807) is 22.8 Å². The summed E-state index contributed by atoms with van der Waals surface area (Å²) in [5.41, 5.74) is 2.70. The van der Waals surface area contributed by atoms with Crippen LogP contribution in [-0.4, -0.2) is 51.6 Å². The second kappa shape index (κ2) is 7.55. The molecule has 0 saturated carbocycles. The lowest BCUT2D eigenvalue weighted by atomic mass is 10.1. The molecule has 0 atom stereocenters. The molecule has 0 amide bonds. The molecule has 0 bridgehead atoms. The summed E-state index contributed by atoms with van der Waals surface area (Å²) in [6, 6.07) is 3.57. The Morgan fingerprint density at radius 2 is 1.35 bits per heavy atom. The molecule has 1 aromatic carbocycles. The number of rotatable bonds is 6. The molecule has 1 N–H and O–H groups in total. The zero-order valence-electron chi connectivity index (χ0n) is 16.3. The lowest BCUT2D eigenvalue weighted by Gasteiger charge is -2.16. The van der Waals surface area contributed by atoms with Crippen molar-refractivity contribution in [2.45, 2.75) is 32.2 Å². The largest absolute Gasteiger partial charge is 0.347 e. The molecule has 0 fully saturated rings. The molecule has 0 unspecified atom stereocenters. The molecule has 0 aliphatic carbocycles. The summed E-state index contributed by atoms with van der Waals surface area (Å²) in [6.45, 7) is 5.63. The number of sulfonamides is 1. The summed E-state index contributed by atoms with van der Waals surface area (Å²) < 4.78 is 28.0. The van der Waals surface area contributed by atoms with E-state index in [0.29, 0.717) is 23.3 Å². The molecular formula is C17H26N6O2S. The summed E-state index contributed by atoms with van der Waals surface area (Å²) >= 11 is 0. The Kier molecular flexibility index (Phi) is 5.82. The van der Waals surface area contributed by atoms with E-state index in [2.05, 4.69) is 19.7 Å². The second-order valence-electron chi connectivity index (χ2n) is 6.67. The highest BCUT2D eigenvalue weighted by atomic mass is 32.2. The van der Waals surface area contributed by atoms with Crippen LogP contribution in [0.25, 0.3) is 0 Å². The van der Waals surface area contributed by atoms with Crippen LogP contribution in [-0.2, 0) is 16.6 Å². The van der Waals surface area contributed by atoms with Gasteiger partial charge in [-0.15, -0.1) is 0 Å². The molecule has 2 rings (SSSR count). The molecule has 1 aromatic heterocycles. The number of aryl methyl sites for hydroxylation is 3. The standard InChI is InChI=1S/C17H26N6O2S/c1-11-8-13(3)14(9-12(11)2)26(24,25)18-10-15-19-16(22(4)5)21-17(20-15)23(6)7/h8-9,18H,10H2,1-7H3. The van der Waals surface area contributed by atoms with Crippen molar-refractivity contribution in [1.82, 2.24) is 19.7 Å². The SMILES string of the molecule is Cc1cc(C)c(S(=O)(=O)NCc2nc(N(C)C)nc(N(C)C)n2)cc1C. The van der Waals surface area contributed by atoms with Crippen LogP contribution in [0, 0.1) is 20.8 Å². The molecular weight excluding hydrogens is 352 g/mol. The van der Waals surface area contributed by atoms with Crippen molar-refractivity contribution >= 4 is 21.9 Å². The topological polar surface area (TPSA) is 91.3 Å². The number of nitrogens with zero attached hydrogens (tertiary/aromatic N) is 5. The van der Waals surface area contributed by atoms with Gasteiger partial charge < -0.3 is 9.80 Å². The Labute approximate surface area is 155 Å². The van der Waals surface area contributed by atoms with E-state index in [-0.39, 0.29) is 11.4 Å². The van der Waals surface area contributed by atoms with Crippen LogP contribution in [0.2, 0.25) is 0 Å². The van der Waals surface area contributed by atoms with Crippen molar-refractivity contribution in [3.63, 3.8) is 0 Å². The Bertz CT molecular complexity index is 883. The van der Waals surface area contributed by atoms with Crippen LogP contribution in [0.3, 0.4) is 0 Å². The van der Waals surface area contributed by atoms with Gasteiger partial charge in [-0.25, -0.2) is 13.1 Å². The van der Waals surface area contributed by atoms with Crippen molar-refractivity contribution in [2.24, 2.45) is 0 Å². The molecule has 0 radical (unpaired) electrons. The molecule has 1 heterocycles. The molecule has 26 heavy (non-hydrogen) atoms. The lowest BCUT2D eigenvalue weighted by molar-refractivity contribution is 0.578. The fourth-order valence-corrected chi connectivity index (χ4v) is 3.62. The van der Waals surface area contributed by atoms with E-state index in [1.165, 1.54) is 0 Å². The summed E-state index contributed by atoms with van der Waals surface area (Å²) in [5, 5.41) is 0. The van der Waals surface area contributed by atoms with Gasteiger partial charge in [-0.1, -0.05) is 6.07 Å². The third kappa shape index (κ3) is 4.47. The zero-order chi connectivity index (χ0) is 19.6. The number of hydrogen-bond acceptors (Lipinski definition) is 7. The van der Waals surface area contributed by atoms with Gasteiger partial charge in [0.1, 0.15) is 0 Å². The van der Waals surface area contributed by atoms with Gasteiger partial charge in [0.2, 0.25) is 21.9 Å². The monoisotopic (exact) mass is 378 g/mol. The van der Waals surface area contributed by atoms with Crippen LogP contribution in [0.4, 0.5) is 11.9 Å². The summed E-state index contributed by atoms with van der Waals surface area (Å²) in [7, 11) is 3.61. The van der Waals surface area contributed by atoms with Gasteiger partial charge in [0, 0.05) is 28.2 Å². The van der Waals surface area contributed by atoms with Gasteiger partial charge >= 0.3 is 0 Å². The maximum atomic E-state index is 12.7. The molecule has 0 spiro atoms. The van der Waals surface area contributed by atoms with E-state index in [0.717, 1.165) is 11.1 Å². The zero-order valence-corrected chi connectivity index (χ0v) is 17.1. The van der Waals surface area contributed by atoms with Gasteiger partial charge in [0.05, 0.1) is 11.4 Å². The Balaban J connectivity index is 2.31. The van der Waals surface area contributed by atoms with Crippen LogP contribution >= 0.6 is 0 Å². The second-order valence-corrected chi connectivity index (χ2v) is 8.40. The summed E-state index contributed by atoms with van der Waals surface area (Å²) in [6.07, 6.45) is 0. The first-order chi connectivity index (χ1) is 12.0. The third-order valence-corrected chi connectivity index (χ3v) is 5.50. The van der Waals surface area contributed by atoms with Crippen LogP contribution < -0.4 is 14.5 Å². The predicted molar refractivity (Wildman–Crippen MR) is 103 cm³/mol. The molecule has 142 valence electrons. The number of benzene rings is 1. The first-order valence-corrected chi connectivity index (χ1v) is 9.66. The van der Waals surface area contributed by atoms with Crippen molar-refractivity contribution in [3.05, 3.63) is 34.6 Å². The number of hydrogen-bond donors (Lipinski definition) is 1. The van der Waals surface area contributed by atoms with Crippen molar-refractivity contribution < 1.29 is 8.42 Å². The van der Waals surface area contributed by atoms with E-state index in [4.69, 9.17) is 0 Å². The fourth-order valence-electron chi connectivity index (χ4n) is 2.34. The van der Waals surface area contributed by atoms with Crippen LogP contribution in [0.15, 0.2) is 17.0 Å². The van der Waals surface area contributed by atoms with Gasteiger partial charge in [0.25, 0.3) is 0 Å². The van der Waals surface area contributed by atoms with Gasteiger partial charge in [-0.3, -0.25) is 0 Å². The first-order valence-electron chi connectivity index (χ1n) is 8.18. The predicted octanol–water partition coefficient (Wildman–Crippen LogP) is 1.41. The number of anilines is 2. The Morgan fingerprint density at radius 1 is 0.846 bits per heavy atom. The summed E-state index contributed by atoms with van der Waals surface area (Å²) in [5.74, 6) is 1.30. The van der Waals surface area contributed by atoms with Gasteiger partial charge in [0.15, 0.2) is 5.82 Å². The highest BCUT2D eigenvalue weighted by Gasteiger charge is 2.19. The minimum Gasteiger partial charge on any atom is -0.347 e. The lowest BCUT2D eigenvalue weighted by Crippen LogP contribution is -2.27. The number of nitrogens with one attached hydrogen (secondary N) is 1. The molecule has 0 saturated heterocycles. The smallest absolute Gasteiger partial charge is 0.241 e. The minimum absolute atomic E-state index is 0.0150. The van der Waals surface area contributed by atoms with Crippen molar-refractivity contribution in [2.75, 3.05) is 38.0 Å². The normalized spacial score (nSPS) is 11.5. The highest BCUT2D eigenvalue weighted by molar-refractivity contribution is 7.89. The third-order valence-electron chi connectivity index (χ3n) is 3.96. The average Bonchev–Trinajstić information content (AvgIpc) is 2.55. The van der Waals surface area contributed by atoms with Crippen molar-refractivity contribution in [3.8, 4) is 0 Å². The van der Waals surface area contributed by atoms with Crippen LogP contribution in [0.1, 0.15) is 22.5 Å². The molecule has 2 aromatic rings. The maximum absolute atomic E-state index is 12.7. The highest BCUT2D eigenvalue weighted by Crippen LogP contribution is 2.20. The van der Waals surface area contributed by atoms with E-state index in [1.807, 2.05) is 48.1 Å². The van der Waals surface area contributed by atoms with Crippen LogP contribution in [0.5, 0.6) is 0 Å². The quantitative estimate of drug-likeness (QED) is 0.812. The molecule has 8 nitrogen and oxygen atoms in total. The van der Waals surface area contributed by atoms with E-state index >= 15 is 0 Å². The van der Waals surface area contributed by atoms with E-state index < -0.39 is 10.0 Å². The Hall–Kier alpha value is -2.26. The first kappa shape index (κ1) is 20.1. The molecule has 0 aliphatic heterocycles. The number of aromatic nitrogens is 3.